The summed E-state index contributed by atoms with van der Waals surface area (Å²) >= 11 is 1.71. The average Bonchev–Trinajstić information content (AvgIpc) is 2.88. The minimum Gasteiger partial charge on any atom is -0.462 e. The Morgan fingerprint density at radius 1 is 1.43 bits per heavy atom. The Morgan fingerprint density at radius 2 is 2.10 bits per heavy atom. The Kier molecular flexibility index (Phi) is 5.28. The van der Waals surface area contributed by atoms with E-state index in [1.165, 1.54) is 15.2 Å². The van der Waals surface area contributed by atoms with E-state index in [0.29, 0.717) is 19.5 Å². The van der Waals surface area contributed by atoms with Crippen LogP contribution in [0.3, 0.4) is 0 Å². The van der Waals surface area contributed by atoms with E-state index in [0.717, 1.165) is 11.5 Å². The minimum absolute atomic E-state index is 0.00387. The van der Waals surface area contributed by atoms with Crippen molar-refractivity contribution in [1.82, 2.24) is 14.1 Å². The first-order valence-electron chi connectivity index (χ1n) is 6.75. The van der Waals surface area contributed by atoms with Crippen LogP contribution in [0.25, 0.3) is 0 Å². The van der Waals surface area contributed by atoms with Crippen LogP contribution in [0.15, 0.2) is 11.2 Å². The van der Waals surface area contributed by atoms with Crippen LogP contribution in [0.1, 0.15) is 23.7 Å². The highest BCUT2D eigenvalue weighted by Crippen LogP contribution is 2.22. The van der Waals surface area contributed by atoms with E-state index in [2.05, 4.69) is 5.10 Å². The lowest BCUT2D eigenvalue weighted by Crippen LogP contribution is -2.38. The number of nitrogens with zero attached hydrogens (tertiary/aromatic N) is 3. The number of rotatable bonds is 5. The van der Waals surface area contributed by atoms with Crippen molar-refractivity contribution in [3.8, 4) is 0 Å². The highest BCUT2D eigenvalue weighted by Gasteiger charge is 2.33. The van der Waals surface area contributed by atoms with Gasteiger partial charge in [-0.2, -0.15) is 21.2 Å². The largest absolute Gasteiger partial charge is 0.462 e. The molecule has 1 fully saturated rings. The van der Waals surface area contributed by atoms with E-state index >= 15 is 0 Å². The highest BCUT2D eigenvalue weighted by atomic mass is 32.2. The fourth-order valence-electron chi connectivity index (χ4n) is 1.98. The molecular formula is C12H19N3O4S2. The monoisotopic (exact) mass is 333 g/mol. The smallest absolute Gasteiger partial charge is 0.342 e. The molecule has 0 spiro atoms. The zero-order valence-corrected chi connectivity index (χ0v) is 13.7. The summed E-state index contributed by atoms with van der Waals surface area (Å²) in [5.41, 5.74) is 0.00387. The van der Waals surface area contributed by atoms with E-state index in [4.69, 9.17) is 4.74 Å². The molecule has 1 aliphatic heterocycles. The minimum atomic E-state index is -3.75. The van der Waals surface area contributed by atoms with Crippen LogP contribution in [-0.4, -0.2) is 59.7 Å². The number of hydrogen-bond acceptors (Lipinski definition) is 6. The summed E-state index contributed by atoms with van der Waals surface area (Å²) in [4.78, 5) is 12.0. The Bertz CT molecular complexity index is 606. The molecule has 0 N–H and O–H groups in total. The molecule has 1 aliphatic rings. The molecule has 9 heteroatoms. The molecule has 1 saturated heterocycles. The van der Waals surface area contributed by atoms with Crippen molar-refractivity contribution in [3.05, 3.63) is 11.8 Å². The molecule has 0 aliphatic carbocycles. The first-order valence-corrected chi connectivity index (χ1v) is 9.35. The SMILES string of the molecule is CCCOC(=O)c1cn(C)nc1S(=O)(=O)N1CCSCC1. The van der Waals surface area contributed by atoms with Gasteiger partial charge < -0.3 is 4.74 Å². The van der Waals surface area contributed by atoms with Crippen molar-refractivity contribution in [3.63, 3.8) is 0 Å². The van der Waals surface area contributed by atoms with Crippen LogP contribution in [0.4, 0.5) is 0 Å². The number of hydrogen-bond donors (Lipinski definition) is 0. The topological polar surface area (TPSA) is 81.5 Å². The van der Waals surface area contributed by atoms with Crippen molar-refractivity contribution in [1.29, 1.82) is 0 Å². The molecule has 2 rings (SSSR count). The summed E-state index contributed by atoms with van der Waals surface area (Å²) in [6.07, 6.45) is 2.07. The maximum atomic E-state index is 12.6. The van der Waals surface area contributed by atoms with E-state index in [-0.39, 0.29) is 17.2 Å². The van der Waals surface area contributed by atoms with Gasteiger partial charge in [-0.1, -0.05) is 6.92 Å². The maximum absolute atomic E-state index is 12.6. The van der Waals surface area contributed by atoms with Crippen LogP contribution >= 0.6 is 11.8 Å². The quantitative estimate of drug-likeness (QED) is 0.739. The molecule has 0 aromatic carbocycles. The number of carbonyl (C=O) groups excluding carboxylic acids is 1. The van der Waals surface area contributed by atoms with Crippen molar-refractivity contribution in [2.45, 2.75) is 18.4 Å². The van der Waals surface area contributed by atoms with Crippen LogP contribution in [-0.2, 0) is 21.8 Å². The number of aryl methyl sites for hydroxylation is 1. The van der Waals surface area contributed by atoms with Gasteiger partial charge in [0.1, 0.15) is 5.56 Å². The van der Waals surface area contributed by atoms with Gasteiger partial charge in [0.15, 0.2) is 0 Å². The maximum Gasteiger partial charge on any atom is 0.342 e. The molecule has 0 saturated carbocycles. The highest BCUT2D eigenvalue weighted by molar-refractivity contribution is 7.99. The van der Waals surface area contributed by atoms with Crippen LogP contribution in [0, 0.1) is 0 Å². The fourth-order valence-corrected chi connectivity index (χ4v) is 4.67. The number of ether oxygens (including phenoxy) is 1. The van der Waals surface area contributed by atoms with Gasteiger partial charge in [-0.25, -0.2) is 13.2 Å². The van der Waals surface area contributed by atoms with E-state index < -0.39 is 16.0 Å². The Hall–Kier alpha value is -1.06. The second-order valence-corrected chi connectivity index (χ2v) is 7.75. The summed E-state index contributed by atoms with van der Waals surface area (Å²) in [6, 6.07) is 0. The Labute approximate surface area is 128 Å². The van der Waals surface area contributed by atoms with Gasteiger partial charge in [0.2, 0.25) is 5.03 Å². The van der Waals surface area contributed by atoms with Gasteiger partial charge in [-0.15, -0.1) is 0 Å². The molecule has 1 aromatic heterocycles. The second-order valence-electron chi connectivity index (χ2n) is 4.67. The third-order valence-corrected chi connectivity index (χ3v) is 5.78. The van der Waals surface area contributed by atoms with Gasteiger partial charge in [0.25, 0.3) is 10.0 Å². The number of sulfonamides is 1. The standard InChI is InChI=1S/C12H19N3O4S2/c1-3-6-19-12(16)10-9-14(2)13-11(10)21(17,18)15-4-7-20-8-5-15/h9H,3-8H2,1-2H3. The zero-order chi connectivity index (χ0) is 15.5. The molecule has 21 heavy (non-hydrogen) atoms. The molecular weight excluding hydrogens is 314 g/mol. The average molecular weight is 333 g/mol. The summed E-state index contributed by atoms with van der Waals surface area (Å²) in [5.74, 6) is 0.860. The van der Waals surface area contributed by atoms with Crippen LogP contribution < -0.4 is 0 Å². The predicted octanol–water partition coefficient (Wildman–Crippen LogP) is 0.724. The molecule has 2 heterocycles. The molecule has 0 unspecified atom stereocenters. The zero-order valence-electron chi connectivity index (χ0n) is 12.1. The molecule has 1 aromatic rings. The van der Waals surface area contributed by atoms with Gasteiger partial charge in [-0.05, 0) is 6.42 Å². The number of carbonyl (C=O) groups is 1. The first-order chi connectivity index (χ1) is 9.96. The van der Waals surface area contributed by atoms with Crippen LogP contribution in [0.5, 0.6) is 0 Å². The first kappa shape index (κ1) is 16.3. The molecule has 118 valence electrons. The number of aromatic nitrogens is 2. The summed E-state index contributed by atoms with van der Waals surface area (Å²) in [5, 5.41) is 3.76. The molecule has 7 nitrogen and oxygen atoms in total. The fraction of sp³-hybridized carbons (Fsp3) is 0.667. The van der Waals surface area contributed by atoms with E-state index in [1.807, 2.05) is 6.92 Å². The third-order valence-electron chi connectivity index (χ3n) is 3.01. The van der Waals surface area contributed by atoms with Gasteiger partial charge in [0, 0.05) is 37.8 Å². The van der Waals surface area contributed by atoms with Crippen molar-refractivity contribution < 1.29 is 17.9 Å². The number of esters is 1. The van der Waals surface area contributed by atoms with E-state index in [1.54, 1.807) is 18.8 Å². The normalized spacial score (nSPS) is 16.9. The Balaban J connectivity index is 2.32. The van der Waals surface area contributed by atoms with Gasteiger partial charge in [-0.3, -0.25) is 4.68 Å². The summed E-state index contributed by atoms with van der Waals surface area (Å²) in [7, 11) is -2.17. The predicted molar refractivity (Wildman–Crippen MR) is 79.9 cm³/mol. The van der Waals surface area contributed by atoms with Crippen molar-refractivity contribution in [2.75, 3.05) is 31.2 Å². The summed E-state index contributed by atoms with van der Waals surface area (Å²) < 4.78 is 33.0. The van der Waals surface area contributed by atoms with Crippen molar-refractivity contribution in [2.24, 2.45) is 7.05 Å². The molecule has 0 atom stereocenters. The molecule has 0 radical (unpaired) electrons. The number of thioether (sulfide) groups is 1. The van der Waals surface area contributed by atoms with Crippen molar-refractivity contribution >= 4 is 27.8 Å². The lowest BCUT2D eigenvalue weighted by Gasteiger charge is -2.24. The third kappa shape index (κ3) is 3.58. The Morgan fingerprint density at radius 3 is 2.71 bits per heavy atom. The van der Waals surface area contributed by atoms with Crippen LogP contribution in [0.2, 0.25) is 0 Å². The second kappa shape index (κ2) is 6.80. The lowest BCUT2D eigenvalue weighted by molar-refractivity contribution is 0.0500. The van der Waals surface area contributed by atoms with Gasteiger partial charge in [0.05, 0.1) is 6.61 Å². The van der Waals surface area contributed by atoms with Gasteiger partial charge >= 0.3 is 5.97 Å². The molecule has 0 amide bonds. The lowest BCUT2D eigenvalue weighted by atomic mass is 10.4. The molecule has 0 bridgehead atoms. The van der Waals surface area contributed by atoms with E-state index in [9.17, 15) is 13.2 Å². The summed E-state index contributed by atoms with van der Waals surface area (Å²) in [6.45, 7) is 3.01.